The maximum atomic E-state index is 12.2. The first kappa shape index (κ1) is 13.9. The monoisotopic (exact) mass is 306 g/mol. The Labute approximate surface area is 107 Å². The first-order valence-electron chi connectivity index (χ1n) is 4.92. The van der Waals surface area contributed by atoms with Gasteiger partial charge in [0, 0.05) is 22.8 Å². The number of amides is 1. The number of alkyl halides is 2. The van der Waals surface area contributed by atoms with Crippen LogP contribution in [0.15, 0.2) is 16.6 Å². The number of nitrogen functional groups attached to an aromatic ring is 1. The summed E-state index contributed by atoms with van der Waals surface area (Å²) in [5, 5.41) is 0. The Morgan fingerprint density at radius 2 is 2.12 bits per heavy atom. The van der Waals surface area contributed by atoms with E-state index in [-0.39, 0.29) is 0 Å². The highest BCUT2D eigenvalue weighted by Crippen LogP contribution is 2.23. The Bertz CT molecular complexity index is 438. The standard InChI is InChI=1S/C11H13BrF2N2O/c1-6-8(3-7(12)4-9(6)15)11(17)16(2)5-10(13)14/h3-4,10H,5,15H2,1-2H3. The van der Waals surface area contributed by atoms with Crippen LogP contribution in [0.25, 0.3) is 0 Å². The Morgan fingerprint density at radius 1 is 1.53 bits per heavy atom. The number of benzene rings is 1. The van der Waals surface area contributed by atoms with Gasteiger partial charge in [-0.25, -0.2) is 8.78 Å². The van der Waals surface area contributed by atoms with Gasteiger partial charge in [0.2, 0.25) is 0 Å². The summed E-state index contributed by atoms with van der Waals surface area (Å²) >= 11 is 3.22. The van der Waals surface area contributed by atoms with Crippen molar-refractivity contribution in [3.8, 4) is 0 Å². The fourth-order valence-electron chi connectivity index (χ4n) is 1.42. The molecule has 3 nitrogen and oxygen atoms in total. The molecule has 0 saturated carbocycles. The quantitative estimate of drug-likeness (QED) is 0.873. The van der Waals surface area contributed by atoms with E-state index < -0.39 is 18.9 Å². The molecule has 0 fully saturated rings. The van der Waals surface area contributed by atoms with Gasteiger partial charge in [0.25, 0.3) is 12.3 Å². The zero-order valence-electron chi connectivity index (χ0n) is 9.51. The summed E-state index contributed by atoms with van der Waals surface area (Å²) in [6.07, 6.45) is -2.55. The SMILES string of the molecule is Cc1c(N)cc(Br)cc1C(=O)N(C)CC(F)F. The molecule has 17 heavy (non-hydrogen) atoms. The highest BCUT2D eigenvalue weighted by Gasteiger charge is 2.18. The van der Waals surface area contributed by atoms with Crippen LogP contribution in [0, 0.1) is 6.92 Å². The van der Waals surface area contributed by atoms with Gasteiger partial charge in [0.15, 0.2) is 0 Å². The fourth-order valence-corrected chi connectivity index (χ4v) is 1.89. The Kier molecular flexibility index (Phi) is 4.45. The van der Waals surface area contributed by atoms with Gasteiger partial charge in [-0.05, 0) is 24.6 Å². The van der Waals surface area contributed by atoms with Gasteiger partial charge in [-0.15, -0.1) is 0 Å². The van der Waals surface area contributed by atoms with Crippen molar-refractivity contribution >= 4 is 27.5 Å². The molecule has 0 unspecified atom stereocenters. The molecule has 0 aliphatic carbocycles. The second kappa shape index (κ2) is 5.44. The van der Waals surface area contributed by atoms with E-state index in [0.29, 0.717) is 21.3 Å². The summed E-state index contributed by atoms with van der Waals surface area (Å²) in [6, 6.07) is 3.25. The lowest BCUT2D eigenvalue weighted by molar-refractivity contribution is 0.0619. The van der Waals surface area contributed by atoms with E-state index in [1.54, 1.807) is 19.1 Å². The number of rotatable bonds is 3. The molecular formula is C11H13BrF2N2O. The van der Waals surface area contributed by atoms with E-state index in [0.717, 1.165) is 4.90 Å². The summed E-state index contributed by atoms with van der Waals surface area (Å²) in [6.45, 7) is 1.09. The molecule has 0 saturated heterocycles. The number of hydrogen-bond donors (Lipinski definition) is 1. The van der Waals surface area contributed by atoms with Gasteiger partial charge >= 0.3 is 0 Å². The molecule has 0 aromatic heterocycles. The van der Waals surface area contributed by atoms with Crippen molar-refractivity contribution in [2.45, 2.75) is 13.3 Å². The number of carbonyl (C=O) groups excluding carboxylic acids is 1. The van der Waals surface area contributed by atoms with Crippen molar-refractivity contribution < 1.29 is 13.6 Å². The van der Waals surface area contributed by atoms with E-state index in [2.05, 4.69) is 15.9 Å². The third-order valence-corrected chi connectivity index (χ3v) is 2.86. The van der Waals surface area contributed by atoms with Crippen molar-refractivity contribution in [2.75, 3.05) is 19.3 Å². The molecule has 6 heteroatoms. The third-order valence-electron chi connectivity index (χ3n) is 2.40. The summed E-state index contributed by atoms with van der Waals surface area (Å²) in [4.78, 5) is 12.9. The molecule has 0 radical (unpaired) electrons. The predicted octanol–water partition coefficient (Wildman–Crippen LogP) is 2.68. The first-order chi connectivity index (χ1) is 7.82. The molecule has 1 aromatic rings. The van der Waals surface area contributed by atoms with Gasteiger partial charge in [-0.1, -0.05) is 15.9 Å². The van der Waals surface area contributed by atoms with Gasteiger partial charge in [-0.2, -0.15) is 0 Å². The van der Waals surface area contributed by atoms with E-state index in [9.17, 15) is 13.6 Å². The molecule has 0 aliphatic rings. The number of nitrogens with two attached hydrogens (primary N) is 1. The average molecular weight is 307 g/mol. The average Bonchev–Trinajstić information content (AvgIpc) is 2.21. The number of anilines is 1. The first-order valence-corrected chi connectivity index (χ1v) is 5.71. The van der Waals surface area contributed by atoms with E-state index in [4.69, 9.17) is 5.73 Å². The minimum absolute atomic E-state index is 0.333. The minimum Gasteiger partial charge on any atom is -0.398 e. The highest BCUT2D eigenvalue weighted by atomic mass is 79.9. The van der Waals surface area contributed by atoms with E-state index in [1.807, 2.05) is 0 Å². The van der Waals surface area contributed by atoms with E-state index in [1.165, 1.54) is 7.05 Å². The minimum atomic E-state index is -2.55. The lowest BCUT2D eigenvalue weighted by Gasteiger charge is -2.18. The highest BCUT2D eigenvalue weighted by molar-refractivity contribution is 9.10. The number of hydrogen-bond acceptors (Lipinski definition) is 2. The maximum absolute atomic E-state index is 12.2. The van der Waals surface area contributed by atoms with Crippen LogP contribution in [0.3, 0.4) is 0 Å². The summed E-state index contributed by atoms with van der Waals surface area (Å²) in [7, 11) is 1.34. The summed E-state index contributed by atoms with van der Waals surface area (Å²) in [5.41, 5.74) is 7.09. The molecular weight excluding hydrogens is 294 g/mol. The molecule has 0 spiro atoms. The summed E-state index contributed by atoms with van der Waals surface area (Å²) < 4.78 is 25.0. The van der Waals surface area contributed by atoms with Crippen molar-refractivity contribution in [3.05, 3.63) is 27.7 Å². The Hall–Kier alpha value is -1.17. The van der Waals surface area contributed by atoms with Crippen LogP contribution < -0.4 is 5.73 Å². The van der Waals surface area contributed by atoms with Gasteiger partial charge in [0.1, 0.15) is 0 Å². The molecule has 0 heterocycles. The van der Waals surface area contributed by atoms with Crippen LogP contribution in [-0.2, 0) is 0 Å². The lowest BCUT2D eigenvalue weighted by atomic mass is 10.1. The van der Waals surface area contributed by atoms with Crippen LogP contribution in [0.4, 0.5) is 14.5 Å². The number of halogens is 3. The van der Waals surface area contributed by atoms with Crippen molar-refractivity contribution in [3.63, 3.8) is 0 Å². The lowest BCUT2D eigenvalue weighted by Crippen LogP contribution is -2.31. The number of nitrogens with zero attached hydrogens (tertiary/aromatic N) is 1. The van der Waals surface area contributed by atoms with Gasteiger partial charge in [0.05, 0.1) is 6.54 Å². The fraction of sp³-hybridized carbons (Fsp3) is 0.364. The zero-order chi connectivity index (χ0) is 13.2. The molecule has 1 aromatic carbocycles. The Balaban J connectivity index is 3.04. The van der Waals surface area contributed by atoms with E-state index >= 15 is 0 Å². The van der Waals surface area contributed by atoms with Crippen molar-refractivity contribution in [1.82, 2.24) is 4.90 Å². The van der Waals surface area contributed by atoms with Crippen molar-refractivity contribution in [1.29, 1.82) is 0 Å². The zero-order valence-corrected chi connectivity index (χ0v) is 11.1. The van der Waals surface area contributed by atoms with Gasteiger partial charge in [-0.3, -0.25) is 4.79 Å². The second-order valence-corrected chi connectivity index (χ2v) is 4.66. The Morgan fingerprint density at radius 3 is 2.65 bits per heavy atom. The third kappa shape index (κ3) is 3.39. The number of carbonyl (C=O) groups is 1. The largest absolute Gasteiger partial charge is 0.398 e. The molecule has 1 amide bonds. The predicted molar refractivity (Wildman–Crippen MR) is 66.3 cm³/mol. The maximum Gasteiger partial charge on any atom is 0.255 e. The van der Waals surface area contributed by atoms with Crippen LogP contribution >= 0.6 is 15.9 Å². The molecule has 2 N–H and O–H groups in total. The molecule has 1 rings (SSSR count). The van der Waals surface area contributed by atoms with Crippen LogP contribution in [0.5, 0.6) is 0 Å². The molecule has 0 bridgehead atoms. The van der Waals surface area contributed by atoms with Gasteiger partial charge < -0.3 is 10.6 Å². The molecule has 94 valence electrons. The topological polar surface area (TPSA) is 46.3 Å². The summed E-state index contributed by atoms with van der Waals surface area (Å²) in [5.74, 6) is -0.462. The normalized spacial score (nSPS) is 10.7. The van der Waals surface area contributed by atoms with Crippen LogP contribution in [0.2, 0.25) is 0 Å². The van der Waals surface area contributed by atoms with Crippen molar-refractivity contribution in [2.24, 2.45) is 0 Å². The molecule has 0 aliphatic heterocycles. The smallest absolute Gasteiger partial charge is 0.255 e. The molecule has 0 atom stereocenters. The van der Waals surface area contributed by atoms with Crippen LogP contribution in [0.1, 0.15) is 15.9 Å². The van der Waals surface area contributed by atoms with Crippen LogP contribution in [-0.4, -0.2) is 30.8 Å². The second-order valence-electron chi connectivity index (χ2n) is 3.74.